The maximum atomic E-state index is 4.53. The summed E-state index contributed by atoms with van der Waals surface area (Å²) in [5.41, 5.74) is 1.33. The SMILES string of the molecule is c1cc(CN2CCN(c3cc(N4CCCCC4)ncn3)CC2)ccn1. The normalized spacial score (nSPS) is 19.2. The quantitative estimate of drug-likeness (QED) is 0.852. The van der Waals surface area contributed by atoms with Gasteiger partial charge in [-0.25, -0.2) is 9.97 Å². The molecule has 0 saturated carbocycles. The van der Waals surface area contributed by atoms with Crippen molar-refractivity contribution in [3.05, 3.63) is 42.5 Å². The van der Waals surface area contributed by atoms with Gasteiger partial charge in [-0.05, 0) is 37.0 Å². The summed E-state index contributed by atoms with van der Waals surface area (Å²) in [7, 11) is 0. The van der Waals surface area contributed by atoms with Crippen LogP contribution in [0.2, 0.25) is 0 Å². The van der Waals surface area contributed by atoms with Crippen LogP contribution in [0.5, 0.6) is 0 Å². The van der Waals surface area contributed by atoms with Crippen LogP contribution >= 0.6 is 0 Å². The van der Waals surface area contributed by atoms with Crippen LogP contribution in [0.15, 0.2) is 36.9 Å². The van der Waals surface area contributed by atoms with E-state index in [-0.39, 0.29) is 0 Å². The lowest BCUT2D eigenvalue weighted by Crippen LogP contribution is -2.46. The number of piperidine rings is 1. The predicted molar refractivity (Wildman–Crippen MR) is 99.8 cm³/mol. The fraction of sp³-hybridized carbons (Fsp3) is 0.526. The smallest absolute Gasteiger partial charge is 0.134 e. The summed E-state index contributed by atoms with van der Waals surface area (Å²) < 4.78 is 0. The summed E-state index contributed by atoms with van der Waals surface area (Å²) in [6.45, 7) is 7.39. The highest BCUT2D eigenvalue weighted by Gasteiger charge is 2.20. The molecule has 0 N–H and O–H groups in total. The third-order valence-electron chi connectivity index (χ3n) is 5.17. The van der Waals surface area contributed by atoms with Crippen molar-refractivity contribution in [1.82, 2.24) is 19.9 Å². The van der Waals surface area contributed by atoms with Crippen LogP contribution in [0.25, 0.3) is 0 Å². The molecule has 0 atom stereocenters. The lowest BCUT2D eigenvalue weighted by atomic mass is 10.1. The van der Waals surface area contributed by atoms with Gasteiger partial charge in [0.05, 0.1) is 0 Å². The van der Waals surface area contributed by atoms with Crippen molar-refractivity contribution in [2.75, 3.05) is 49.1 Å². The van der Waals surface area contributed by atoms with Gasteiger partial charge in [-0.15, -0.1) is 0 Å². The van der Waals surface area contributed by atoms with Crippen molar-refractivity contribution in [2.45, 2.75) is 25.8 Å². The molecule has 0 amide bonds. The molecule has 132 valence electrons. The first kappa shape index (κ1) is 16.3. The van der Waals surface area contributed by atoms with Crippen LogP contribution in [0.3, 0.4) is 0 Å². The molecule has 0 aromatic carbocycles. The van der Waals surface area contributed by atoms with Crippen molar-refractivity contribution >= 4 is 11.6 Å². The molecule has 2 saturated heterocycles. The number of hydrogen-bond acceptors (Lipinski definition) is 6. The first-order valence-corrected chi connectivity index (χ1v) is 9.32. The average molecular weight is 338 g/mol. The van der Waals surface area contributed by atoms with Gasteiger partial charge < -0.3 is 9.80 Å². The van der Waals surface area contributed by atoms with Crippen LogP contribution in [0.1, 0.15) is 24.8 Å². The molecule has 4 heterocycles. The Morgan fingerprint density at radius 2 is 1.40 bits per heavy atom. The van der Waals surface area contributed by atoms with E-state index in [0.29, 0.717) is 0 Å². The Hall–Kier alpha value is -2.21. The van der Waals surface area contributed by atoms with E-state index >= 15 is 0 Å². The lowest BCUT2D eigenvalue weighted by molar-refractivity contribution is 0.249. The van der Waals surface area contributed by atoms with Crippen molar-refractivity contribution in [3.63, 3.8) is 0 Å². The van der Waals surface area contributed by atoms with E-state index in [1.807, 2.05) is 12.4 Å². The van der Waals surface area contributed by atoms with E-state index in [9.17, 15) is 0 Å². The Labute approximate surface area is 149 Å². The second-order valence-corrected chi connectivity index (χ2v) is 6.90. The van der Waals surface area contributed by atoms with Gasteiger partial charge in [0.2, 0.25) is 0 Å². The highest BCUT2D eigenvalue weighted by molar-refractivity contribution is 5.50. The Morgan fingerprint density at radius 1 is 0.760 bits per heavy atom. The second-order valence-electron chi connectivity index (χ2n) is 6.90. The Balaban J connectivity index is 1.36. The van der Waals surface area contributed by atoms with Crippen LogP contribution in [-0.2, 0) is 6.54 Å². The first-order valence-electron chi connectivity index (χ1n) is 9.32. The molecular formula is C19H26N6. The van der Waals surface area contributed by atoms with E-state index in [1.54, 1.807) is 6.33 Å². The lowest BCUT2D eigenvalue weighted by Gasteiger charge is -2.36. The number of pyridine rings is 1. The third-order valence-corrected chi connectivity index (χ3v) is 5.17. The van der Waals surface area contributed by atoms with Crippen molar-refractivity contribution in [2.24, 2.45) is 0 Å². The summed E-state index contributed by atoms with van der Waals surface area (Å²) in [4.78, 5) is 20.4. The van der Waals surface area contributed by atoms with Crippen LogP contribution in [0, 0.1) is 0 Å². The fourth-order valence-corrected chi connectivity index (χ4v) is 3.69. The second kappa shape index (κ2) is 7.78. The van der Waals surface area contributed by atoms with Crippen molar-refractivity contribution in [3.8, 4) is 0 Å². The molecule has 2 aliphatic rings. The molecule has 0 spiro atoms. The average Bonchev–Trinajstić information content (AvgIpc) is 2.70. The highest BCUT2D eigenvalue weighted by Crippen LogP contribution is 2.22. The molecule has 2 aromatic heterocycles. The zero-order valence-corrected chi connectivity index (χ0v) is 14.7. The third kappa shape index (κ3) is 4.07. The summed E-state index contributed by atoms with van der Waals surface area (Å²) in [6.07, 6.45) is 9.35. The largest absolute Gasteiger partial charge is 0.356 e. The summed E-state index contributed by atoms with van der Waals surface area (Å²) in [5.74, 6) is 2.16. The van der Waals surface area contributed by atoms with Gasteiger partial charge in [-0.1, -0.05) is 0 Å². The van der Waals surface area contributed by atoms with Crippen LogP contribution < -0.4 is 9.80 Å². The van der Waals surface area contributed by atoms with Crippen LogP contribution in [0.4, 0.5) is 11.6 Å². The highest BCUT2D eigenvalue weighted by atomic mass is 15.3. The molecule has 0 radical (unpaired) electrons. The summed E-state index contributed by atoms with van der Waals surface area (Å²) >= 11 is 0. The number of rotatable bonds is 4. The number of anilines is 2. The van der Waals surface area contributed by atoms with E-state index < -0.39 is 0 Å². The molecular weight excluding hydrogens is 312 g/mol. The van der Waals surface area contributed by atoms with Gasteiger partial charge in [0, 0.05) is 64.3 Å². The maximum Gasteiger partial charge on any atom is 0.134 e. The summed E-state index contributed by atoms with van der Waals surface area (Å²) in [5, 5.41) is 0. The molecule has 0 aliphatic carbocycles. The van der Waals surface area contributed by atoms with E-state index in [2.05, 4.69) is 47.9 Å². The number of hydrogen-bond donors (Lipinski definition) is 0. The van der Waals surface area contributed by atoms with Gasteiger partial charge >= 0.3 is 0 Å². The van der Waals surface area contributed by atoms with Gasteiger partial charge in [-0.3, -0.25) is 9.88 Å². The number of piperazine rings is 1. The van der Waals surface area contributed by atoms with Gasteiger partial charge in [0.25, 0.3) is 0 Å². The summed E-state index contributed by atoms with van der Waals surface area (Å²) in [6, 6.07) is 6.37. The first-order chi connectivity index (χ1) is 12.4. The number of aromatic nitrogens is 3. The molecule has 25 heavy (non-hydrogen) atoms. The van der Waals surface area contributed by atoms with E-state index in [0.717, 1.165) is 57.4 Å². The zero-order valence-electron chi connectivity index (χ0n) is 14.7. The molecule has 6 nitrogen and oxygen atoms in total. The number of nitrogens with zero attached hydrogens (tertiary/aromatic N) is 6. The minimum atomic E-state index is 0.999. The van der Waals surface area contributed by atoms with Crippen molar-refractivity contribution in [1.29, 1.82) is 0 Å². The molecule has 4 rings (SSSR count). The zero-order chi connectivity index (χ0) is 16.9. The standard InChI is InChI=1S/C19H26N6/c1-2-8-24(9-3-1)18-14-19(22-16-21-18)25-12-10-23(11-13-25)15-17-4-6-20-7-5-17/h4-7,14,16H,1-3,8-13,15H2. The van der Waals surface area contributed by atoms with E-state index in [4.69, 9.17) is 0 Å². The Bertz CT molecular complexity index is 663. The minimum absolute atomic E-state index is 0.999. The molecule has 2 fully saturated rings. The van der Waals surface area contributed by atoms with Crippen molar-refractivity contribution < 1.29 is 0 Å². The molecule has 0 bridgehead atoms. The van der Waals surface area contributed by atoms with Gasteiger partial charge in [-0.2, -0.15) is 0 Å². The van der Waals surface area contributed by atoms with E-state index in [1.165, 1.54) is 24.8 Å². The van der Waals surface area contributed by atoms with Gasteiger partial charge in [0.15, 0.2) is 0 Å². The maximum absolute atomic E-state index is 4.53. The Morgan fingerprint density at radius 3 is 2.08 bits per heavy atom. The topological polar surface area (TPSA) is 48.4 Å². The fourth-order valence-electron chi connectivity index (χ4n) is 3.69. The molecule has 2 aliphatic heterocycles. The van der Waals surface area contributed by atoms with Crippen LogP contribution in [-0.4, -0.2) is 59.1 Å². The molecule has 6 heteroatoms. The molecule has 2 aromatic rings. The monoisotopic (exact) mass is 338 g/mol. The molecule has 0 unspecified atom stereocenters. The minimum Gasteiger partial charge on any atom is -0.356 e. The predicted octanol–water partition coefficient (Wildman–Crippen LogP) is 2.18. The Kier molecular flexibility index (Phi) is 5.06. The van der Waals surface area contributed by atoms with Gasteiger partial charge in [0.1, 0.15) is 18.0 Å².